The summed E-state index contributed by atoms with van der Waals surface area (Å²) < 4.78 is 24.5. The monoisotopic (exact) mass is 339 g/mol. The quantitative estimate of drug-likeness (QED) is 0.924. The molecule has 0 saturated heterocycles. The van der Waals surface area contributed by atoms with Crippen LogP contribution in [0.4, 0.5) is 4.39 Å². The molecule has 0 aliphatic heterocycles. The Balaban J connectivity index is 2.47. The Morgan fingerprint density at radius 1 is 1.10 bits per heavy atom. The summed E-state index contributed by atoms with van der Waals surface area (Å²) >= 11 is 3.23. The van der Waals surface area contributed by atoms with Crippen molar-refractivity contribution >= 4 is 15.9 Å². The van der Waals surface area contributed by atoms with Crippen molar-refractivity contribution < 1.29 is 13.9 Å². The van der Waals surface area contributed by atoms with E-state index in [-0.39, 0.29) is 5.82 Å². The third-order valence-corrected chi connectivity index (χ3v) is 3.93. The van der Waals surface area contributed by atoms with Crippen LogP contribution < -0.4 is 15.2 Å². The summed E-state index contributed by atoms with van der Waals surface area (Å²) in [4.78, 5) is 0. The predicted octanol–water partition coefficient (Wildman–Crippen LogP) is 3.65. The molecule has 0 bridgehead atoms. The predicted molar refractivity (Wildman–Crippen MR) is 79.7 cm³/mol. The number of hydrogen-bond acceptors (Lipinski definition) is 3. The highest BCUT2D eigenvalue weighted by Crippen LogP contribution is 2.35. The summed E-state index contributed by atoms with van der Waals surface area (Å²) in [7, 11) is 3.14. The molecule has 2 rings (SSSR count). The highest BCUT2D eigenvalue weighted by Gasteiger charge is 2.18. The van der Waals surface area contributed by atoms with Crippen molar-refractivity contribution in [2.24, 2.45) is 5.73 Å². The second-order valence-corrected chi connectivity index (χ2v) is 5.02. The normalized spacial score (nSPS) is 12.1. The molecule has 2 aromatic rings. The molecule has 0 aromatic heterocycles. The topological polar surface area (TPSA) is 44.5 Å². The largest absolute Gasteiger partial charge is 0.497 e. The Kier molecular flexibility index (Phi) is 4.62. The van der Waals surface area contributed by atoms with Gasteiger partial charge >= 0.3 is 0 Å². The number of benzene rings is 2. The van der Waals surface area contributed by atoms with Gasteiger partial charge in [0, 0.05) is 11.6 Å². The van der Waals surface area contributed by atoms with Crippen molar-refractivity contribution in [3.63, 3.8) is 0 Å². The van der Waals surface area contributed by atoms with Gasteiger partial charge in [-0.25, -0.2) is 4.39 Å². The zero-order valence-corrected chi connectivity index (χ0v) is 12.8. The maximum Gasteiger partial charge on any atom is 0.137 e. The fourth-order valence-electron chi connectivity index (χ4n) is 2.00. The number of nitrogens with two attached hydrogens (primary N) is 1. The van der Waals surface area contributed by atoms with E-state index in [1.807, 2.05) is 6.07 Å². The first-order valence-corrected chi connectivity index (χ1v) is 6.79. The highest BCUT2D eigenvalue weighted by atomic mass is 79.9. The molecule has 0 aliphatic carbocycles. The molecule has 1 unspecified atom stereocenters. The highest BCUT2D eigenvalue weighted by molar-refractivity contribution is 9.10. The minimum Gasteiger partial charge on any atom is -0.497 e. The third-order valence-electron chi connectivity index (χ3n) is 3.09. The molecule has 0 radical (unpaired) electrons. The lowest BCUT2D eigenvalue weighted by Gasteiger charge is -2.18. The Hall–Kier alpha value is -1.59. The molecule has 2 N–H and O–H groups in total. The van der Waals surface area contributed by atoms with Gasteiger partial charge in [-0.1, -0.05) is 12.1 Å². The summed E-state index contributed by atoms with van der Waals surface area (Å²) in [6.07, 6.45) is 0. The maximum atomic E-state index is 13.6. The van der Waals surface area contributed by atoms with Gasteiger partial charge in [0.1, 0.15) is 17.3 Å². The first-order valence-electron chi connectivity index (χ1n) is 6.00. The van der Waals surface area contributed by atoms with Gasteiger partial charge in [0.25, 0.3) is 0 Å². The molecule has 2 aromatic carbocycles. The van der Waals surface area contributed by atoms with Crippen LogP contribution in [0.5, 0.6) is 11.5 Å². The van der Waals surface area contributed by atoms with E-state index < -0.39 is 6.04 Å². The second-order valence-electron chi connectivity index (χ2n) is 4.23. The summed E-state index contributed by atoms with van der Waals surface area (Å²) in [5.74, 6) is 0.939. The molecular weight excluding hydrogens is 325 g/mol. The summed E-state index contributed by atoms with van der Waals surface area (Å²) in [5, 5.41) is 0. The lowest BCUT2D eigenvalue weighted by atomic mass is 9.98. The van der Waals surface area contributed by atoms with Crippen LogP contribution in [0, 0.1) is 5.82 Å². The lowest BCUT2D eigenvalue weighted by Crippen LogP contribution is -2.14. The van der Waals surface area contributed by atoms with Crippen molar-refractivity contribution in [1.29, 1.82) is 0 Å². The number of halogens is 2. The van der Waals surface area contributed by atoms with Crippen molar-refractivity contribution in [2.75, 3.05) is 14.2 Å². The van der Waals surface area contributed by atoms with Crippen LogP contribution >= 0.6 is 15.9 Å². The molecular formula is C15H15BrFNO2. The number of methoxy groups -OCH3 is 2. The van der Waals surface area contributed by atoms with Gasteiger partial charge in [0.05, 0.1) is 24.7 Å². The van der Waals surface area contributed by atoms with Gasteiger partial charge in [-0.3, -0.25) is 0 Å². The Labute approximate surface area is 125 Å². The Morgan fingerprint density at radius 2 is 1.85 bits per heavy atom. The molecule has 20 heavy (non-hydrogen) atoms. The molecule has 0 fully saturated rings. The zero-order chi connectivity index (χ0) is 14.7. The number of ether oxygens (including phenoxy) is 2. The van der Waals surface area contributed by atoms with Crippen LogP contribution in [0.2, 0.25) is 0 Å². The molecule has 0 aliphatic rings. The van der Waals surface area contributed by atoms with E-state index in [0.29, 0.717) is 21.5 Å². The van der Waals surface area contributed by atoms with Gasteiger partial charge in [0.2, 0.25) is 0 Å². The average Bonchev–Trinajstić information content (AvgIpc) is 2.48. The average molecular weight is 340 g/mol. The van der Waals surface area contributed by atoms with Crippen LogP contribution in [0.1, 0.15) is 17.2 Å². The molecule has 3 nitrogen and oxygen atoms in total. The standard InChI is InChI=1S/C15H15BrFNO2/c1-19-9-6-7-10(13(8-9)20-2)15(18)11-4-3-5-12(17)14(11)16/h3-8,15H,18H2,1-2H3. The maximum absolute atomic E-state index is 13.6. The second kappa shape index (κ2) is 6.24. The van der Waals surface area contributed by atoms with Crippen molar-refractivity contribution in [1.82, 2.24) is 0 Å². The third kappa shape index (κ3) is 2.78. The van der Waals surface area contributed by atoms with Gasteiger partial charge in [-0.15, -0.1) is 0 Å². The fraction of sp³-hybridized carbons (Fsp3) is 0.200. The molecule has 1 atom stereocenters. The molecule has 106 valence electrons. The molecule has 0 spiro atoms. The first-order chi connectivity index (χ1) is 9.58. The molecule has 0 heterocycles. The van der Waals surface area contributed by atoms with Gasteiger partial charge < -0.3 is 15.2 Å². The van der Waals surface area contributed by atoms with E-state index in [0.717, 1.165) is 5.56 Å². The van der Waals surface area contributed by atoms with Crippen LogP contribution in [0.3, 0.4) is 0 Å². The number of hydrogen-bond donors (Lipinski definition) is 1. The van der Waals surface area contributed by atoms with E-state index in [9.17, 15) is 4.39 Å². The van der Waals surface area contributed by atoms with E-state index in [2.05, 4.69) is 15.9 Å². The van der Waals surface area contributed by atoms with Crippen LogP contribution in [-0.4, -0.2) is 14.2 Å². The summed E-state index contributed by atoms with van der Waals surface area (Å²) in [6.45, 7) is 0. The Bertz CT molecular complexity index is 619. The van der Waals surface area contributed by atoms with E-state index in [4.69, 9.17) is 15.2 Å². The van der Waals surface area contributed by atoms with E-state index >= 15 is 0 Å². The summed E-state index contributed by atoms with van der Waals surface area (Å²) in [5.41, 5.74) is 7.66. The summed E-state index contributed by atoms with van der Waals surface area (Å²) in [6, 6.07) is 9.66. The van der Waals surface area contributed by atoms with Crippen LogP contribution in [-0.2, 0) is 0 Å². The molecule has 5 heteroatoms. The smallest absolute Gasteiger partial charge is 0.137 e. The number of rotatable bonds is 4. The lowest BCUT2D eigenvalue weighted by molar-refractivity contribution is 0.390. The zero-order valence-electron chi connectivity index (χ0n) is 11.2. The van der Waals surface area contributed by atoms with Crippen LogP contribution in [0.25, 0.3) is 0 Å². The first kappa shape index (κ1) is 14.8. The molecule has 0 saturated carbocycles. The SMILES string of the molecule is COc1ccc(C(N)c2cccc(F)c2Br)c(OC)c1. The fourth-order valence-corrected chi connectivity index (χ4v) is 2.51. The Morgan fingerprint density at radius 3 is 2.50 bits per heavy atom. The molecule has 0 amide bonds. The van der Waals surface area contributed by atoms with Crippen LogP contribution in [0.15, 0.2) is 40.9 Å². The van der Waals surface area contributed by atoms with Crippen molar-refractivity contribution in [2.45, 2.75) is 6.04 Å². The van der Waals surface area contributed by atoms with Crippen molar-refractivity contribution in [3.05, 3.63) is 57.8 Å². The minimum atomic E-state index is -0.499. The van der Waals surface area contributed by atoms with Gasteiger partial charge in [-0.2, -0.15) is 0 Å². The van der Waals surface area contributed by atoms with Gasteiger partial charge in [-0.05, 0) is 39.7 Å². The van der Waals surface area contributed by atoms with E-state index in [1.165, 1.54) is 6.07 Å². The van der Waals surface area contributed by atoms with E-state index in [1.54, 1.807) is 38.5 Å². The minimum absolute atomic E-state index is 0.342. The van der Waals surface area contributed by atoms with Gasteiger partial charge in [0.15, 0.2) is 0 Å². The van der Waals surface area contributed by atoms with Crippen molar-refractivity contribution in [3.8, 4) is 11.5 Å².